The summed E-state index contributed by atoms with van der Waals surface area (Å²) in [4.78, 5) is 5.23. The van der Waals surface area contributed by atoms with Gasteiger partial charge in [-0.25, -0.2) is 0 Å². The van der Waals surface area contributed by atoms with Gasteiger partial charge in [0.05, 0.1) is 0 Å². The van der Waals surface area contributed by atoms with Crippen LogP contribution in [0.2, 0.25) is 0 Å². The van der Waals surface area contributed by atoms with Crippen LogP contribution in [-0.2, 0) is 0 Å². The molecule has 17 heavy (non-hydrogen) atoms. The van der Waals surface area contributed by atoms with Crippen LogP contribution in [0.25, 0.3) is 0 Å². The Morgan fingerprint density at radius 2 is 2.06 bits per heavy atom. The van der Waals surface area contributed by atoms with Crippen LogP contribution in [0.3, 0.4) is 0 Å². The Kier molecular flexibility index (Phi) is 4.83. The SMILES string of the molecule is CCC1CN(CC2CCCC2NC)CCN1C. The normalized spacial score (nSPS) is 36.5. The molecule has 2 fully saturated rings. The number of nitrogens with one attached hydrogen (secondary N) is 1. The van der Waals surface area contributed by atoms with E-state index in [0.29, 0.717) is 0 Å². The maximum Gasteiger partial charge on any atom is 0.0218 e. The third kappa shape index (κ3) is 3.21. The Morgan fingerprint density at radius 3 is 2.76 bits per heavy atom. The molecule has 1 N–H and O–H groups in total. The average Bonchev–Trinajstić information content (AvgIpc) is 2.79. The number of likely N-dealkylation sites (N-methyl/N-ethyl adjacent to an activating group) is 1. The molecule has 0 aromatic rings. The minimum Gasteiger partial charge on any atom is -0.317 e. The van der Waals surface area contributed by atoms with Crippen molar-refractivity contribution < 1.29 is 0 Å². The van der Waals surface area contributed by atoms with E-state index < -0.39 is 0 Å². The monoisotopic (exact) mass is 239 g/mol. The quantitative estimate of drug-likeness (QED) is 0.800. The van der Waals surface area contributed by atoms with Crippen molar-refractivity contribution in [2.24, 2.45) is 5.92 Å². The maximum absolute atomic E-state index is 3.50. The molecule has 2 rings (SSSR count). The lowest BCUT2D eigenvalue weighted by Gasteiger charge is -2.40. The molecular weight excluding hydrogens is 210 g/mol. The predicted molar refractivity (Wildman–Crippen MR) is 73.3 cm³/mol. The topological polar surface area (TPSA) is 18.5 Å². The summed E-state index contributed by atoms with van der Waals surface area (Å²) in [5.41, 5.74) is 0. The van der Waals surface area contributed by atoms with Gasteiger partial charge in [-0.3, -0.25) is 0 Å². The zero-order chi connectivity index (χ0) is 12.3. The summed E-state index contributed by atoms with van der Waals surface area (Å²) >= 11 is 0. The van der Waals surface area contributed by atoms with E-state index in [1.54, 1.807) is 0 Å². The van der Waals surface area contributed by atoms with Crippen molar-refractivity contribution in [2.45, 2.75) is 44.7 Å². The minimum absolute atomic E-state index is 0.773. The molecular formula is C14H29N3. The molecule has 0 bridgehead atoms. The van der Waals surface area contributed by atoms with Crippen molar-refractivity contribution in [2.75, 3.05) is 40.3 Å². The van der Waals surface area contributed by atoms with Crippen LogP contribution in [0.4, 0.5) is 0 Å². The van der Waals surface area contributed by atoms with E-state index in [2.05, 4.69) is 36.1 Å². The van der Waals surface area contributed by atoms with E-state index in [0.717, 1.165) is 18.0 Å². The Balaban J connectivity index is 1.82. The number of rotatable bonds is 4. The fraction of sp³-hybridized carbons (Fsp3) is 1.00. The van der Waals surface area contributed by atoms with Gasteiger partial charge in [0, 0.05) is 38.3 Å². The molecule has 2 aliphatic rings. The van der Waals surface area contributed by atoms with Crippen LogP contribution < -0.4 is 5.32 Å². The Hall–Kier alpha value is -0.120. The zero-order valence-electron chi connectivity index (χ0n) is 11.8. The van der Waals surface area contributed by atoms with Gasteiger partial charge in [-0.1, -0.05) is 13.3 Å². The smallest absolute Gasteiger partial charge is 0.0218 e. The maximum atomic E-state index is 3.50. The lowest BCUT2D eigenvalue weighted by molar-refractivity contribution is 0.0791. The van der Waals surface area contributed by atoms with Gasteiger partial charge in [0.2, 0.25) is 0 Å². The van der Waals surface area contributed by atoms with Crippen molar-refractivity contribution in [1.82, 2.24) is 15.1 Å². The lowest BCUT2D eigenvalue weighted by atomic mass is 10.0. The second-order valence-electron chi connectivity index (χ2n) is 5.89. The Morgan fingerprint density at radius 1 is 1.24 bits per heavy atom. The summed E-state index contributed by atoms with van der Waals surface area (Å²) in [5.74, 6) is 0.890. The molecule has 0 spiro atoms. The molecule has 3 unspecified atom stereocenters. The van der Waals surface area contributed by atoms with Gasteiger partial charge < -0.3 is 15.1 Å². The molecule has 3 atom stereocenters. The van der Waals surface area contributed by atoms with Gasteiger partial charge in [0.25, 0.3) is 0 Å². The van der Waals surface area contributed by atoms with E-state index in [9.17, 15) is 0 Å². The summed E-state index contributed by atoms with van der Waals surface area (Å²) in [6, 6.07) is 1.55. The minimum atomic E-state index is 0.773. The number of nitrogens with zero attached hydrogens (tertiary/aromatic N) is 2. The van der Waals surface area contributed by atoms with Crippen LogP contribution in [0, 0.1) is 5.92 Å². The first-order chi connectivity index (χ1) is 8.24. The number of hydrogen-bond donors (Lipinski definition) is 1. The zero-order valence-corrected chi connectivity index (χ0v) is 11.8. The fourth-order valence-electron chi connectivity index (χ4n) is 3.58. The first-order valence-electron chi connectivity index (χ1n) is 7.34. The van der Waals surface area contributed by atoms with E-state index in [4.69, 9.17) is 0 Å². The van der Waals surface area contributed by atoms with Crippen molar-refractivity contribution in [3.8, 4) is 0 Å². The van der Waals surface area contributed by atoms with E-state index >= 15 is 0 Å². The Labute approximate surface area is 107 Å². The van der Waals surface area contributed by atoms with Gasteiger partial charge in [0.1, 0.15) is 0 Å². The highest BCUT2D eigenvalue weighted by atomic mass is 15.3. The Bertz CT molecular complexity index is 232. The third-order valence-corrected chi connectivity index (χ3v) is 4.86. The molecule has 0 amide bonds. The molecule has 1 saturated carbocycles. The third-order valence-electron chi connectivity index (χ3n) is 4.86. The van der Waals surface area contributed by atoms with Crippen molar-refractivity contribution in [3.05, 3.63) is 0 Å². The van der Waals surface area contributed by atoms with Crippen LogP contribution in [0.1, 0.15) is 32.6 Å². The summed E-state index contributed by atoms with van der Waals surface area (Å²) in [5, 5.41) is 3.50. The van der Waals surface area contributed by atoms with E-state index in [-0.39, 0.29) is 0 Å². The summed E-state index contributed by atoms with van der Waals surface area (Å²) in [7, 11) is 4.40. The molecule has 3 heteroatoms. The second kappa shape index (κ2) is 6.17. The highest BCUT2D eigenvalue weighted by molar-refractivity contribution is 4.87. The van der Waals surface area contributed by atoms with Crippen LogP contribution in [-0.4, -0.2) is 62.2 Å². The van der Waals surface area contributed by atoms with Crippen LogP contribution in [0.5, 0.6) is 0 Å². The molecule has 0 aromatic carbocycles. The standard InChI is InChI=1S/C14H29N3/c1-4-13-11-17(9-8-16(13)3)10-12-6-5-7-14(12)15-2/h12-15H,4-11H2,1-3H3. The molecule has 1 saturated heterocycles. The number of hydrogen-bond acceptors (Lipinski definition) is 3. The van der Waals surface area contributed by atoms with Crippen LogP contribution >= 0.6 is 0 Å². The molecule has 3 nitrogen and oxygen atoms in total. The first kappa shape index (κ1) is 13.3. The second-order valence-corrected chi connectivity index (χ2v) is 5.89. The van der Waals surface area contributed by atoms with Gasteiger partial charge >= 0.3 is 0 Å². The van der Waals surface area contributed by atoms with E-state index in [1.165, 1.54) is 51.9 Å². The summed E-state index contributed by atoms with van der Waals surface area (Å²) in [6.07, 6.45) is 5.51. The van der Waals surface area contributed by atoms with Crippen molar-refractivity contribution in [1.29, 1.82) is 0 Å². The van der Waals surface area contributed by atoms with E-state index in [1.807, 2.05) is 0 Å². The largest absolute Gasteiger partial charge is 0.317 e. The van der Waals surface area contributed by atoms with Gasteiger partial charge in [-0.05, 0) is 39.3 Å². The first-order valence-corrected chi connectivity index (χ1v) is 7.34. The average molecular weight is 239 g/mol. The molecule has 1 aliphatic carbocycles. The fourth-order valence-corrected chi connectivity index (χ4v) is 3.58. The van der Waals surface area contributed by atoms with Gasteiger partial charge in [0.15, 0.2) is 0 Å². The number of piperazine rings is 1. The summed E-state index contributed by atoms with van der Waals surface area (Å²) < 4.78 is 0. The molecule has 1 aliphatic heterocycles. The molecule has 0 radical (unpaired) electrons. The highest BCUT2D eigenvalue weighted by Gasteiger charge is 2.30. The highest BCUT2D eigenvalue weighted by Crippen LogP contribution is 2.27. The van der Waals surface area contributed by atoms with Crippen molar-refractivity contribution in [3.63, 3.8) is 0 Å². The molecule has 0 aromatic heterocycles. The molecule has 1 heterocycles. The molecule has 100 valence electrons. The van der Waals surface area contributed by atoms with Crippen molar-refractivity contribution >= 4 is 0 Å². The van der Waals surface area contributed by atoms with Crippen LogP contribution in [0.15, 0.2) is 0 Å². The lowest BCUT2D eigenvalue weighted by Crippen LogP contribution is -2.53. The van der Waals surface area contributed by atoms with Gasteiger partial charge in [-0.15, -0.1) is 0 Å². The predicted octanol–water partition coefficient (Wildman–Crippen LogP) is 1.40. The summed E-state index contributed by atoms with van der Waals surface area (Å²) in [6.45, 7) is 7.42. The van der Waals surface area contributed by atoms with Gasteiger partial charge in [-0.2, -0.15) is 0 Å².